The van der Waals surface area contributed by atoms with Crippen LogP contribution in [0.2, 0.25) is 0 Å². The van der Waals surface area contributed by atoms with Crippen molar-refractivity contribution in [3.8, 4) is 0 Å². The number of hydrogen-bond donors (Lipinski definition) is 3. The summed E-state index contributed by atoms with van der Waals surface area (Å²) < 4.78 is 5.55. The molecule has 1 aromatic carbocycles. The second kappa shape index (κ2) is 8.64. The number of hydrogen-bond acceptors (Lipinski definition) is 3. The molecule has 142 valence electrons. The van der Waals surface area contributed by atoms with Crippen LogP contribution in [0, 0.1) is 5.92 Å². The fourth-order valence-electron chi connectivity index (χ4n) is 3.67. The molecule has 0 bridgehead atoms. The highest BCUT2D eigenvalue weighted by Gasteiger charge is 2.32. The molecule has 4 N–H and O–H groups in total. The lowest BCUT2D eigenvalue weighted by atomic mass is 9.94. The number of benzene rings is 1. The third-order valence-corrected chi connectivity index (χ3v) is 5.29. The summed E-state index contributed by atoms with van der Waals surface area (Å²) in [5, 5.41) is 7.97. The van der Waals surface area contributed by atoms with E-state index in [1.165, 1.54) is 11.1 Å². The Labute approximate surface area is 155 Å². The topological polar surface area (TPSA) is 84.0 Å². The average molecular weight is 360 g/mol. The first-order valence-corrected chi connectivity index (χ1v) is 9.64. The Morgan fingerprint density at radius 1 is 1.27 bits per heavy atom. The number of carbonyl (C=O) groups is 2. The van der Waals surface area contributed by atoms with Gasteiger partial charge in [0, 0.05) is 25.1 Å². The van der Waals surface area contributed by atoms with Crippen molar-refractivity contribution in [1.29, 1.82) is 0 Å². The Morgan fingerprint density at radius 2 is 2.04 bits per heavy atom. The lowest BCUT2D eigenvalue weighted by Gasteiger charge is -2.26. The van der Waals surface area contributed by atoms with Crippen LogP contribution in [0.15, 0.2) is 24.3 Å². The van der Waals surface area contributed by atoms with Gasteiger partial charge < -0.3 is 20.7 Å². The molecule has 6 nitrogen and oxygen atoms in total. The van der Waals surface area contributed by atoms with Gasteiger partial charge in [-0.05, 0) is 24.3 Å². The molecule has 1 aromatic rings. The number of carbonyl (C=O) groups excluding carboxylic acids is 2. The van der Waals surface area contributed by atoms with Crippen molar-refractivity contribution in [3.05, 3.63) is 35.4 Å². The number of fused-ring (bicyclic) bond motifs is 1. The molecule has 1 fully saturated rings. The van der Waals surface area contributed by atoms with Crippen molar-refractivity contribution in [2.45, 2.75) is 57.8 Å². The molecule has 0 aromatic heterocycles. The quantitative estimate of drug-likeness (QED) is 0.673. The Morgan fingerprint density at radius 3 is 2.73 bits per heavy atom. The summed E-state index contributed by atoms with van der Waals surface area (Å²) in [5.74, 6) is -0.162. The highest BCUT2D eigenvalue weighted by Crippen LogP contribution is 2.14. The molecule has 3 atom stereocenters. The summed E-state index contributed by atoms with van der Waals surface area (Å²) in [6.45, 7) is 5.99. The van der Waals surface area contributed by atoms with E-state index in [4.69, 9.17) is 4.74 Å². The molecule has 2 aliphatic rings. The summed E-state index contributed by atoms with van der Waals surface area (Å²) >= 11 is 0. The van der Waals surface area contributed by atoms with E-state index in [-0.39, 0.29) is 29.9 Å². The number of ether oxygens (including phenoxy) is 1. The normalized spacial score (nSPS) is 23.3. The highest BCUT2D eigenvalue weighted by atomic mass is 16.5. The van der Waals surface area contributed by atoms with E-state index in [1.54, 1.807) is 0 Å². The van der Waals surface area contributed by atoms with Crippen molar-refractivity contribution in [1.82, 2.24) is 10.6 Å². The third kappa shape index (κ3) is 4.62. The number of quaternary nitrogens is 1. The minimum absolute atomic E-state index is 0.0272. The van der Waals surface area contributed by atoms with Crippen LogP contribution in [0.25, 0.3) is 0 Å². The van der Waals surface area contributed by atoms with Gasteiger partial charge in [-0.2, -0.15) is 0 Å². The van der Waals surface area contributed by atoms with E-state index in [0.717, 1.165) is 26.0 Å². The number of nitrogens with one attached hydrogen (secondary N) is 2. The molecule has 3 rings (SSSR count). The van der Waals surface area contributed by atoms with Gasteiger partial charge in [0.15, 0.2) is 6.04 Å². The summed E-state index contributed by atoms with van der Waals surface area (Å²) in [4.78, 5) is 25.3. The Balaban J connectivity index is 1.55. The van der Waals surface area contributed by atoms with Crippen LogP contribution in [-0.2, 0) is 27.3 Å². The molecule has 0 unspecified atom stereocenters. The SMILES string of the molecule is CC(C)[C@H](NC(=O)[C@@H]1Cc2ccccc2C[NH2+]1)C(=O)NC[C@H]1CCCO1. The third-order valence-electron chi connectivity index (χ3n) is 5.29. The van der Waals surface area contributed by atoms with Crippen LogP contribution in [0.3, 0.4) is 0 Å². The maximum atomic E-state index is 12.7. The predicted octanol–water partition coefficient (Wildman–Crippen LogP) is 0.111. The zero-order chi connectivity index (χ0) is 18.5. The van der Waals surface area contributed by atoms with Gasteiger partial charge in [-0.25, -0.2) is 0 Å². The van der Waals surface area contributed by atoms with Gasteiger partial charge in [-0.3, -0.25) is 9.59 Å². The van der Waals surface area contributed by atoms with Gasteiger partial charge in [-0.15, -0.1) is 0 Å². The fraction of sp³-hybridized carbons (Fsp3) is 0.600. The van der Waals surface area contributed by atoms with Gasteiger partial charge in [0.2, 0.25) is 5.91 Å². The monoisotopic (exact) mass is 360 g/mol. The molecular formula is C20H30N3O3+. The minimum Gasteiger partial charge on any atom is -0.376 e. The molecule has 2 aliphatic heterocycles. The van der Waals surface area contributed by atoms with Gasteiger partial charge >= 0.3 is 0 Å². The first kappa shape index (κ1) is 18.9. The van der Waals surface area contributed by atoms with Crippen LogP contribution >= 0.6 is 0 Å². The second-order valence-corrected chi connectivity index (χ2v) is 7.63. The predicted molar refractivity (Wildman–Crippen MR) is 98.3 cm³/mol. The molecule has 26 heavy (non-hydrogen) atoms. The largest absolute Gasteiger partial charge is 0.376 e. The smallest absolute Gasteiger partial charge is 0.279 e. The highest BCUT2D eigenvalue weighted by molar-refractivity contribution is 5.89. The Hall–Kier alpha value is -1.92. The molecule has 0 spiro atoms. The zero-order valence-electron chi connectivity index (χ0n) is 15.7. The van der Waals surface area contributed by atoms with Gasteiger partial charge in [0.25, 0.3) is 5.91 Å². The van der Waals surface area contributed by atoms with Crippen molar-refractivity contribution in [2.75, 3.05) is 13.2 Å². The van der Waals surface area contributed by atoms with Gasteiger partial charge in [0.1, 0.15) is 12.6 Å². The molecule has 2 heterocycles. The molecule has 1 saturated heterocycles. The standard InChI is InChI=1S/C20H29N3O3/c1-13(2)18(20(25)22-12-16-8-5-9-26-16)23-19(24)17-10-14-6-3-4-7-15(14)11-21-17/h3-4,6-7,13,16-18,21H,5,8-12H2,1-2H3,(H,22,25)(H,23,24)/p+1/t16-,17+,18+/m1/s1. The van der Waals surface area contributed by atoms with Crippen LogP contribution in [0.1, 0.15) is 37.8 Å². The van der Waals surface area contributed by atoms with Crippen LogP contribution in [0.4, 0.5) is 0 Å². The maximum Gasteiger partial charge on any atom is 0.279 e. The van der Waals surface area contributed by atoms with E-state index in [0.29, 0.717) is 13.0 Å². The number of rotatable bonds is 6. The average Bonchev–Trinajstić information content (AvgIpc) is 3.17. The summed E-state index contributed by atoms with van der Waals surface area (Å²) in [7, 11) is 0. The summed E-state index contributed by atoms with van der Waals surface area (Å²) in [6.07, 6.45) is 2.83. The van der Waals surface area contributed by atoms with E-state index in [1.807, 2.05) is 26.0 Å². The molecule has 0 saturated carbocycles. The van der Waals surface area contributed by atoms with Crippen LogP contribution in [0.5, 0.6) is 0 Å². The van der Waals surface area contributed by atoms with Crippen LogP contribution in [-0.4, -0.2) is 43.2 Å². The molecule has 6 heteroatoms. The lowest BCUT2D eigenvalue weighted by Crippen LogP contribution is -2.93. The number of nitrogens with two attached hydrogens (primary N) is 1. The van der Waals surface area contributed by atoms with E-state index in [9.17, 15) is 9.59 Å². The van der Waals surface area contributed by atoms with E-state index in [2.05, 4.69) is 28.1 Å². The van der Waals surface area contributed by atoms with E-state index < -0.39 is 6.04 Å². The van der Waals surface area contributed by atoms with E-state index >= 15 is 0 Å². The fourth-order valence-corrected chi connectivity index (χ4v) is 3.67. The molecule has 0 radical (unpaired) electrons. The van der Waals surface area contributed by atoms with Crippen molar-refractivity contribution in [3.63, 3.8) is 0 Å². The maximum absolute atomic E-state index is 12.7. The first-order valence-electron chi connectivity index (χ1n) is 9.64. The summed E-state index contributed by atoms with van der Waals surface area (Å²) in [5.41, 5.74) is 2.50. The molecule has 0 aliphatic carbocycles. The number of amides is 2. The minimum atomic E-state index is -0.519. The van der Waals surface area contributed by atoms with Gasteiger partial charge in [0.05, 0.1) is 6.10 Å². The zero-order valence-corrected chi connectivity index (χ0v) is 15.7. The Bertz CT molecular complexity index is 641. The van der Waals surface area contributed by atoms with Crippen molar-refractivity contribution < 1.29 is 19.6 Å². The van der Waals surface area contributed by atoms with Gasteiger partial charge in [-0.1, -0.05) is 38.1 Å². The second-order valence-electron chi connectivity index (χ2n) is 7.63. The Kier molecular flexibility index (Phi) is 6.27. The summed E-state index contributed by atoms with van der Waals surface area (Å²) in [6, 6.07) is 7.52. The molecule has 2 amide bonds. The lowest BCUT2D eigenvalue weighted by molar-refractivity contribution is -0.695. The van der Waals surface area contributed by atoms with Crippen LogP contribution < -0.4 is 16.0 Å². The first-order chi connectivity index (χ1) is 12.5. The molecular weight excluding hydrogens is 330 g/mol. The van der Waals surface area contributed by atoms with Crippen molar-refractivity contribution >= 4 is 11.8 Å². The van der Waals surface area contributed by atoms with Crippen molar-refractivity contribution in [2.24, 2.45) is 5.92 Å².